The first-order valence-corrected chi connectivity index (χ1v) is 7.83. The van der Waals surface area contributed by atoms with E-state index in [9.17, 15) is 0 Å². The van der Waals surface area contributed by atoms with Gasteiger partial charge in [0.05, 0.1) is 6.61 Å². The average Bonchev–Trinajstić information content (AvgIpc) is 3.23. The molecule has 1 saturated carbocycles. The second-order valence-electron chi connectivity index (χ2n) is 6.23. The highest BCUT2D eigenvalue weighted by atomic mass is 16.5. The Morgan fingerprint density at radius 2 is 2.05 bits per heavy atom. The van der Waals surface area contributed by atoms with Gasteiger partial charge in [-0.25, -0.2) is 0 Å². The van der Waals surface area contributed by atoms with E-state index in [1.165, 1.54) is 25.7 Å². The standard InChI is InChI=1S/C15H30N2O2/c1-18-13-15(5-8-16-9-6-15)12-17-7-2-10-19-11-14-3-4-14/h14,16-17H,2-13H2,1H3. The summed E-state index contributed by atoms with van der Waals surface area (Å²) in [6, 6.07) is 0. The zero-order valence-electron chi connectivity index (χ0n) is 12.4. The monoisotopic (exact) mass is 270 g/mol. The van der Waals surface area contributed by atoms with E-state index in [0.717, 1.165) is 58.3 Å². The lowest BCUT2D eigenvalue weighted by molar-refractivity contribution is 0.0529. The molecule has 1 aliphatic carbocycles. The van der Waals surface area contributed by atoms with Crippen LogP contribution in [0.2, 0.25) is 0 Å². The average molecular weight is 270 g/mol. The van der Waals surface area contributed by atoms with Crippen molar-refractivity contribution in [1.29, 1.82) is 0 Å². The summed E-state index contributed by atoms with van der Waals surface area (Å²) < 4.78 is 11.1. The number of methoxy groups -OCH3 is 1. The summed E-state index contributed by atoms with van der Waals surface area (Å²) in [6.45, 7) is 7.14. The Bertz CT molecular complexity index is 233. The van der Waals surface area contributed by atoms with Crippen molar-refractivity contribution in [2.45, 2.75) is 32.1 Å². The number of hydrogen-bond acceptors (Lipinski definition) is 4. The molecule has 2 rings (SSSR count). The fourth-order valence-electron chi connectivity index (χ4n) is 2.82. The van der Waals surface area contributed by atoms with Crippen molar-refractivity contribution in [1.82, 2.24) is 10.6 Å². The van der Waals surface area contributed by atoms with Crippen LogP contribution < -0.4 is 10.6 Å². The van der Waals surface area contributed by atoms with Gasteiger partial charge in [0.25, 0.3) is 0 Å². The lowest BCUT2D eigenvalue weighted by Gasteiger charge is -2.37. The maximum Gasteiger partial charge on any atom is 0.0531 e. The molecule has 0 radical (unpaired) electrons. The molecule has 1 heterocycles. The van der Waals surface area contributed by atoms with Gasteiger partial charge in [-0.15, -0.1) is 0 Å². The molecule has 0 aromatic carbocycles. The van der Waals surface area contributed by atoms with Crippen LogP contribution in [0.3, 0.4) is 0 Å². The van der Waals surface area contributed by atoms with E-state index in [1.807, 2.05) is 7.11 Å². The van der Waals surface area contributed by atoms with Gasteiger partial charge in [-0.05, 0) is 57.7 Å². The van der Waals surface area contributed by atoms with Gasteiger partial charge in [-0.2, -0.15) is 0 Å². The number of rotatable bonds is 10. The largest absolute Gasteiger partial charge is 0.384 e. The normalized spacial score (nSPS) is 22.6. The van der Waals surface area contributed by atoms with Gasteiger partial charge in [0.2, 0.25) is 0 Å². The summed E-state index contributed by atoms with van der Waals surface area (Å²) in [7, 11) is 1.81. The Hall–Kier alpha value is -0.160. The van der Waals surface area contributed by atoms with Crippen molar-refractivity contribution >= 4 is 0 Å². The molecule has 19 heavy (non-hydrogen) atoms. The van der Waals surface area contributed by atoms with Crippen molar-refractivity contribution in [2.75, 3.05) is 53.1 Å². The van der Waals surface area contributed by atoms with Crippen LogP contribution in [-0.2, 0) is 9.47 Å². The van der Waals surface area contributed by atoms with Crippen LogP contribution in [-0.4, -0.2) is 53.1 Å². The molecule has 112 valence electrons. The molecule has 2 fully saturated rings. The smallest absolute Gasteiger partial charge is 0.0531 e. The van der Waals surface area contributed by atoms with E-state index in [2.05, 4.69) is 10.6 Å². The van der Waals surface area contributed by atoms with Gasteiger partial charge < -0.3 is 20.1 Å². The van der Waals surface area contributed by atoms with Gasteiger partial charge in [0.15, 0.2) is 0 Å². The third-order valence-corrected chi connectivity index (χ3v) is 4.31. The highest BCUT2D eigenvalue weighted by molar-refractivity contribution is 4.86. The molecule has 0 bridgehead atoms. The van der Waals surface area contributed by atoms with Crippen LogP contribution in [0.15, 0.2) is 0 Å². The van der Waals surface area contributed by atoms with Crippen molar-refractivity contribution in [3.05, 3.63) is 0 Å². The quantitative estimate of drug-likeness (QED) is 0.589. The topological polar surface area (TPSA) is 42.5 Å². The minimum Gasteiger partial charge on any atom is -0.384 e. The Labute approximate surface area is 117 Å². The SMILES string of the molecule is COCC1(CNCCCOCC2CC2)CCNCC1. The van der Waals surface area contributed by atoms with Crippen molar-refractivity contribution in [2.24, 2.45) is 11.3 Å². The molecule has 0 unspecified atom stereocenters. The van der Waals surface area contributed by atoms with Gasteiger partial charge in [-0.3, -0.25) is 0 Å². The van der Waals surface area contributed by atoms with Crippen LogP contribution in [0.5, 0.6) is 0 Å². The Kier molecular flexibility index (Phi) is 6.57. The second kappa shape index (κ2) is 8.20. The Balaban J connectivity index is 1.51. The fourth-order valence-corrected chi connectivity index (χ4v) is 2.82. The highest BCUT2D eigenvalue weighted by Crippen LogP contribution is 2.29. The van der Waals surface area contributed by atoms with E-state index in [0.29, 0.717) is 5.41 Å². The zero-order valence-corrected chi connectivity index (χ0v) is 12.4. The van der Waals surface area contributed by atoms with Gasteiger partial charge in [-0.1, -0.05) is 0 Å². The van der Waals surface area contributed by atoms with Crippen molar-refractivity contribution in [3.8, 4) is 0 Å². The van der Waals surface area contributed by atoms with E-state index in [1.54, 1.807) is 0 Å². The molecule has 0 aromatic heterocycles. The predicted octanol–water partition coefficient (Wildman–Crippen LogP) is 1.41. The number of hydrogen-bond donors (Lipinski definition) is 2. The molecule has 0 atom stereocenters. The first kappa shape index (κ1) is 15.2. The van der Waals surface area contributed by atoms with E-state index in [4.69, 9.17) is 9.47 Å². The number of nitrogens with one attached hydrogen (secondary N) is 2. The molecule has 0 amide bonds. The minimum absolute atomic E-state index is 0.342. The summed E-state index contributed by atoms with van der Waals surface area (Å²) in [5.74, 6) is 0.882. The van der Waals surface area contributed by atoms with Crippen molar-refractivity contribution in [3.63, 3.8) is 0 Å². The number of piperidine rings is 1. The minimum atomic E-state index is 0.342. The summed E-state index contributed by atoms with van der Waals surface area (Å²) in [5.41, 5.74) is 0.342. The highest BCUT2D eigenvalue weighted by Gasteiger charge is 2.31. The second-order valence-corrected chi connectivity index (χ2v) is 6.23. The zero-order chi connectivity index (χ0) is 13.4. The number of ether oxygens (including phenoxy) is 2. The summed E-state index contributed by atoms with van der Waals surface area (Å²) in [4.78, 5) is 0. The van der Waals surface area contributed by atoms with E-state index < -0.39 is 0 Å². The molecular formula is C15H30N2O2. The third kappa shape index (κ3) is 5.78. The maximum atomic E-state index is 5.65. The summed E-state index contributed by atoms with van der Waals surface area (Å²) >= 11 is 0. The third-order valence-electron chi connectivity index (χ3n) is 4.31. The molecule has 0 aromatic rings. The van der Waals surface area contributed by atoms with E-state index in [-0.39, 0.29) is 0 Å². The Morgan fingerprint density at radius 3 is 2.74 bits per heavy atom. The molecule has 1 saturated heterocycles. The first-order valence-electron chi connectivity index (χ1n) is 7.83. The summed E-state index contributed by atoms with van der Waals surface area (Å²) in [6.07, 6.45) is 6.31. The van der Waals surface area contributed by atoms with Crippen molar-refractivity contribution < 1.29 is 9.47 Å². The van der Waals surface area contributed by atoms with Gasteiger partial charge in [0, 0.05) is 32.3 Å². The molecule has 4 heteroatoms. The fraction of sp³-hybridized carbons (Fsp3) is 1.00. The van der Waals surface area contributed by atoms with Crippen LogP contribution in [0.4, 0.5) is 0 Å². The molecule has 2 aliphatic rings. The van der Waals surface area contributed by atoms with Gasteiger partial charge >= 0.3 is 0 Å². The molecule has 1 aliphatic heterocycles. The molecular weight excluding hydrogens is 240 g/mol. The van der Waals surface area contributed by atoms with E-state index >= 15 is 0 Å². The van der Waals surface area contributed by atoms with Gasteiger partial charge in [0.1, 0.15) is 0 Å². The first-order chi connectivity index (χ1) is 9.35. The van der Waals surface area contributed by atoms with Crippen LogP contribution in [0, 0.1) is 11.3 Å². The molecule has 0 spiro atoms. The van der Waals surface area contributed by atoms with Crippen LogP contribution in [0.25, 0.3) is 0 Å². The predicted molar refractivity (Wildman–Crippen MR) is 77.4 cm³/mol. The molecule has 4 nitrogen and oxygen atoms in total. The molecule has 2 N–H and O–H groups in total. The Morgan fingerprint density at radius 1 is 1.26 bits per heavy atom. The van der Waals surface area contributed by atoms with Crippen LogP contribution >= 0.6 is 0 Å². The maximum absolute atomic E-state index is 5.65. The lowest BCUT2D eigenvalue weighted by Crippen LogP contribution is -2.46. The van der Waals surface area contributed by atoms with Crippen LogP contribution in [0.1, 0.15) is 32.1 Å². The lowest BCUT2D eigenvalue weighted by atomic mass is 9.79. The summed E-state index contributed by atoms with van der Waals surface area (Å²) in [5, 5.41) is 7.03.